The van der Waals surface area contributed by atoms with Crippen LogP contribution in [0.15, 0.2) is 42.5 Å². The molecule has 1 heterocycles. The quantitative estimate of drug-likeness (QED) is 0.752. The molecule has 3 aromatic rings. The summed E-state index contributed by atoms with van der Waals surface area (Å²) in [7, 11) is 0. The minimum atomic E-state index is -0.954. The van der Waals surface area contributed by atoms with Gasteiger partial charge in [-0.25, -0.2) is 9.78 Å². The number of imidazole rings is 1. The van der Waals surface area contributed by atoms with E-state index in [2.05, 4.69) is 16.9 Å². The molecular formula is C17H16N2O3. The van der Waals surface area contributed by atoms with Crippen molar-refractivity contribution < 1.29 is 14.6 Å². The maximum atomic E-state index is 11.0. The van der Waals surface area contributed by atoms with Crippen molar-refractivity contribution in [2.75, 3.05) is 6.61 Å². The first-order valence-electron chi connectivity index (χ1n) is 7.14. The molecule has 22 heavy (non-hydrogen) atoms. The lowest BCUT2D eigenvalue weighted by molar-refractivity contribution is 0.0697. The minimum absolute atomic E-state index is 0.234. The molecule has 5 nitrogen and oxygen atoms in total. The van der Waals surface area contributed by atoms with Crippen LogP contribution in [0.4, 0.5) is 0 Å². The molecule has 0 amide bonds. The number of carboxylic acid groups (broad SMARTS) is 1. The van der Waals surface area contributed by atoms with Gasteiger partial charge in [0.1, 0.15) is 11.6 Å². The van der Waals surface area contributed by atoms with Gasteiger partial charge in [0.25, 0.3) is 0 Å². The average Bonchev–Trinajstić information content (AvgIpc) is 2.96. The standard InChI is InChI=1S/C17H16N2O3/c1-2-9-22-15-6-4-3-5-12(15)16-18-13-8-7-11(17(20)21)10-14(13)19-16/h3-8,10H,2,9H2,1H3,(H,18,19)(H,20,21). The van der Waals surface area contributed by atoms with Gasteiger partial charge >= 0.3 is 5.97 Å². The molecule has 5 heteroatoms. The summed E-state index contributed by atoms with van der Waals surface area (Å²) in [5.74, 6) is 0.482. The first-order chi connectivity index (χ1) is 10.7. The van der Waals surface area contributed by atoms with E-state index < -0.39 is 5.97 Å². The molecule has 0 bridgehead atoms. The summed E-state index contributed by atoms with van der Waals surface area (Å²) in [5, 5.41) is 9.06. The van der Waals surface area contributed by atoms with Crippen molar-refractivity contribution in [3.8, 4) is 17.1 Å². The molecule has 0 spiro atoms. The van der Waals surface area contributed by atoms with Crippen molar-refractivity contribution in [2.24, 2.45) is 0 Å². The first-order valence-corrected chi connectivity index (χ1v) is 7.14. The number of rotatable bonds is 5. The summed E-state index contributed by atoms with van der Waals surface area (Å²) >= 11 is 0. The van der Waals surface area contributed by atoms with Crippen molar-refractivity contribution in [1.29, 1.82) is 0 Å². The van der Waals surface area contributed by atoms with Crippen LogP contribution in [-0.2, 0) is 0 Å². The first kappa shape index (κ1) is 14.1. The van der Waals surface area contributed by atoms with E-state index in [0.717, 1.165) is 23.3 Å². The number of hydrogen-bond acceptors (Lipinski definition) is 3. The minimum Gasteiger partial charge on any atom is -0.493 e. The predicted octanol–water partition coefficient (Wildman–Crippen LogP) is 3.72. The van der Waals surface area contributed by atoms with E-state index in [1.165, 1.54) is 0 Å². The lowest BCUT2D eigenvalue weighted by atomic mass is 10.2. The van der Waals surface area contributed by atoms with E-state index >= 15 is 0 Å². The molecule has 0 aliphatic heterocycles. The lowest BCUT2D eigenvalue weighted by Crippen LogP contribution is -1.97. The number of para-hydroxylation sites is 1. The van der Waals surface area contributed by atoms with Crippen LogP contribution in [0.1, 0.15) is 23.7 Å². The number of fused-ring (bicyclic) bond motifs is 1. The number of aromatic nitrogens is 2. The lowest BCUT2D eigenvalue weighted by Gasteiger charge is -2.08. The smallest absolute Gasteiger partial charge is 0.335 e. The molecule has 0 radical (unpaired) electrons. The van der Waals surface area contributed by atoms with Gasteiger partial charge in [0.15, 0.2) is 0 Å². The normalized spacial score (nSPS) is 10.8. The maximum Gasteiger partial charge on any atom is 0.335 e. The number of aromatic carboxylic acids is 1. The number of carboxylic acids is 1. The third-order valence-corrected chi connectivity index (χ3v) is 3.33. The molecule has 0 aliphatic carbocycles. The Bertz CT molecular complexity index is 824. The second kappa shape index (κ2) is 5.89. The van der Waals surface area contributed by atoms with Crippen LogP contribution in [-0.4, -0.2) is 27.7 Å². The molecule has 1 aromatic heterocycles. The highest BCUT2D eigenvalue weighted by Gasteiger charge is 2.12. The molecule has 0 atom stereocenters. The van der Waals surface area contributed by atoms with Crippen molar-refractivity contribution in [1.82, 2.24) is 9.97 Å². The van der Waals surface area contributed by atoms with E-state index in [0.29, 0.717) is 17.9 Å². The summed E-state index contributed by atoms with van der Waals surface area (Å²) in [5.41, 5.74) is 2.52. The highest BCUT2D eigenvalue weighted by molar-refractivity contribution is 5.93. The molecule has 3 rings (SSSR count). The molecule has 0 saturated carbocycles. The van der Waals surface area contributed by atoms with Crippen LogP contribution in [0.3, 0.4) is 0 Å². The Balaban J connectivity index is 2.05. The molecule has 112 valence electrons. The zero-order valence-corrected chi connectivity index (χ0v) is 12.2. The van der Waals surface area contributed by atoms with Gasteiger partial charge in [0, 0.05) is 0 Å². The van der Waals surface area contributed by atoms with Gasteiger partial charge in [-0.3, -0.25) is 0 Å². The van der Waals surface area contributed by atoms with Crippen molar-refractivity contribution in [3.63, 3.8) is 0 Å². The summed E-state index contributed by atoms with van der Waals surface area (Å²) in [6, 6.07) is 12.5. The molecule has 0 saturated heterocycles. The van der Waals surface area contributed by atoms with Crippen LogP contribution in [0.5, 0.6) is 5.75 Å². The number of benzene rings is 2. The van der Waals surface area contributed by atoms with Gasteiger partial charge in [-0.2, -0.15) is 0 Å². The second-order valence-electron chi connectivity index (χ2n) is 4.97. The van der Waals surface area contributed by atoms with E-state index in [4.69, 9.17) is 9.84 Å². The Morgan fingerprint density at radius 1 is 1.27 bits per heavy atom. The summed E-state index contributed by atoms with van der Waals surface area (Å²) in [4.78, 5) is 18.7. The Morgan fingerprint density at radius 2 is 2.09 bits per heavy atom. The predicted molar refractivity (Wildman–Crippen MR) is 84.3 cm³/mol. The molecule has 2 N–H and O–H groups in total. The van der Waals surface area contributed by atoms with Crippen molar-refractivity contribution in [3.05, 3.63) is 48.0 Å². The second-order valence-corrected chi connectivity index (χ2v) is 4.97. The Kier molecular flexibility index (Phi) is 3.78. The van der Waals surface area contributed by atoms with Gasteiger partial charge in [0.2, 0.25) is 0 Å². The summed E-state index contributed by atoms with van der Waals surface area (Å²) in [6.07, 6.45) is 0.927. The fourth-order valence-electron chi connectivity index (χ4n) is 2.27. The molecule has 0 unspecified atom stereocenters. The molecule has 0 fully saturated rings. The maximum absolute atomic E-state index is 11.0. The molecule has 0 aliphatic rings. The van der Waals surface area contributed by atoms with E-state index in [9.17, 15) is 4.79 Å². The van der Waals surface area contributed by atoms with Gasteiger partial charge in [-0.15, -0.1) is 0 Å². The molecule has 2 aromatic carbocycles. The largest absolute Gasteiger partial charge is 0.493 e. The number of nitrogens with zero attached hydrogens (tertiary/aromatic N) is 1. The topological polar surface area (TPSA) is 75.2 Å². The monoisotopic (exact) mass is 296 g/mol. The van der Waals surface area contributed by atoms with Crippen LogP contribution in [0.25, 0.3) is 22.4 Å². The highest BCUT2D eigenvalue weighted by Crippen LogP contribution is 2.29. The summed E-state index contributed by atoms with van der Waals surface area (Å²) < 4.78 is 5.74. The SMILES string of the molecule is CCCOc1ccccc1-c1nc2ccc(C(=O)O)cc2[nH]1. The number of ether oxygens (including phenoxy) is 1. The number of hydrogen-bond donors (Lipinski definition) is 2. The number of carbonyl (C=O) groups is 1. The van der Waals surface area contributed by atoms with Crippen LogP contribution >= 0.6 is 0 Å². The zero-order chi connectivity index (χ0) is 15.5. The van der Waals surface area contributed by atoms with Gasteiger partial charge in [0.05, 0.1) is 28.8 Å². The van der Waals surface area contributed by atoms with E-state index in [-0.39, 0.29) is 5.56 Å². The van der Waals surface area contributed by atoms with Gasteiger partial charge in [-0.1, -0.05) is 19.1 Å². The Hall–Kier alpha value is -2.82. The van der Waals surface area contributed by atoms with Crippen LogP contribution < -0.4 is 4.74 Å². The summed E-state index contributed by atoms with van der Waals surface area (Å²) in [6.45, 7) is 2.69. The fourth-order valence-corrected chi connectivity index (χ4v) is 2.27. The third kappa shape index (κ3) is 2.65. The molecular weight excluding hydrogens is 280 g/mol. The fraction of sp³-hybridized carbons (Fsp3) is 0.176. The third-order valence-electron chi connectivity index (χ3n) is 3.33. The van der Waals surface area contributed by atoms with Crippen molar-refractivity contribution in [2.45, 2.75) is 13.3 Å². The van der Waals surface area contributed by atoms with Crippen LogP contribution in [0, 0.1) is 0 Å². The highest BCUT2D eigenvalue weighted by atomic mass is 16.5. The number of nitrogens with one attached hydrogen (secondary N) is 1. The number of H-pyrrole nitrogens is 1. The van der Waals surface area contributed by atoms with E-state index in [1.54, 1.807) is 18.2 Å². The van der Waals surface area contributed by atoms with Crippen LogP contribution in [0.2, 0.25) is 0 Å². The Labute approximate surface area is 127 Å². The van der Waals surface area contributed by atoms with Gasteiger partial charge in [-0.05, 0) is 36.8 Å². The van der Waals surface area contributed by atoms with E-state index in [1.807, 2.05) is 24.3 Å². The van der Waals surface area contributed by atoms with Gasteiger partial charge < -0.3 is 14.8 Å². The average molecular weight is 296 g/mol. The van der Waals surface area contributed by atoms with Crippen molar-refractivity contribution >= 4 is 17.0 Å². The number of aromatic amines is 1. The zero-order valence-electron chi connectivity index (χ0n) is 12.2. The Morgan fingerprint density at radius 3 is 2.86 bits per heavy atom.